The number of rotatable bonds is 4. The van der Waals surface area contributed by atoms with Crippen molar-refractivity contribution in [3.8, 4) is 0 Å². The maximum atomic E-state index is 6.27. The molecule has 0 amide bonds. The topological polar surface area (TPSA) is 29.3 Å². The summed E-state index contributed by atoms with van der Waals surface area (Å²) in [6, 6.07) is 8.81. The highest BCUT2D eigenvalue weighted by Gasteiger charge is 2.29. The number of hydrogen-bond donors (Lipinski definition) is 1. The van der Waals surface area contributed by atoms with Crippen LogP contribution in [0.15, 0.2) is 24.3 Å². The van der Waals surface area contributed by atoms with Crippen molar-refractivity contribution < 1.29 is 0 Å². The van der Waals surface area contributed by atoms with Crippen LogP contribution in [0, 0.1) is 0 Å². The Kier molecular flexibility index (Phi) is 3.90. The summed E-state index contributed by atoms with van der Waals surface area (Å²) in [5.41, 5.74) is 9.07. The van der Waals surface area contributed by atoms with Crippen molar-refractivity contribution >= 4 is 11.8 Å². The fraction of sp³-hybridized carbons (Fsp3) is 0.538. The minimum atomic E-state index is 0.225. The van der Waals surface area contributed by atoms with E-state index in [1.54, 1.807) is 0 Å². The second kappa shape index (κ2) is 5.21. The molecule has 0 fully saturated rings. The Morgan fingerprint density at radius 2 is 2.12 bits per heavy atom. The minimum absolute atomic E-state index is 0.225. The van der Waals surface area contributed by atoms with E-state index in [9.17, 15) is 0 Å². The molecule has 2 rings (SSSR count). The zero-order chi connectivity index (χ0) is 11.5. The summed E-state index contributed by atoms with van der Waals surface area (Å²) in [5.74, 6) is 1.17. The molecule has 2 unspecified atom stereocenters. The van der Waals surface area contributed by atoms with E-state index in [4.69, 9.17) is 5.73 Å². The average Bonchev–Trinajstić information content (AvgIpc) is 2.56. The number of nitrogens with two attached hydrogens (primary N) is 1. The second-order valence-corrected chi connectivity index (χ2v) is 5.99. The first-order valence-corrected chi connectivity index (χ1v) is 6.83. The van der Waals surface area contributed by atoms with Crippen molar-refractivity contribution in [2.75, 3.05) is 26.4 Å². The van der Waals surface area contributed by atoms with Crippen LogP contribution in [0.5, 0.6) is 0 Å². The number of thioether (sulfide) groups is 1. The predicted octanol–water partition coefficient (Wildman–Crippen LogP) is 1.91. The zero-order valence-corrected chi connectivity index (χ0v) is 10.8. The minimum Gasteiger partial charge on any atom is -0.323 e. The third-order valence-electron chi connectivity index (χ3n) is 3.11. The smallest absolute Gasteiger partial charge is 0.0421 e. The quantitative estimate of drug-likeness (QED) is 0.866. The van der Waals surface area contributed by atoms with E-state index in [-0.39, 0.29) is 6.04 Å². The molecule has 2 atom stereocenters. The van der Waals surface area contributed by atoms with Crippen LogP contribution >= 0.6 is 11.8 Å². The first-order valence-electron chi connectivity index (χ1n) is 5.78. The van der Waals surface area contributed by atoms with E-state index >= 15 is 0 Å². The van der Waals surface area contributed by atoms with Gasteiger partial charge in [0.05, 0.1) is 0 Å². The molecular formula is C13H20N2S. The van der Waals surface area contributed by atoms with Gasteiger partial charge in [-0.25, -0.2) is 0 Å². The molecule has 0 bridgehead atoms. The molecule has 1 aliphatic carbocycles. The Morgan fingerprint density at radius 1 is 1.38 bits per heavy atom. The number of benzene rings is 1. The van der Waals surface area contributed by atoms with Crippen LogP contribution < -0.4 is 5.73 Å². The van der Waals surface area contributed by atoms with Crippen molar-refractivity contribution in [2.24, 2.45) is 5.73 Å². The van der Waals surface area contributed by atoms with Gasteiger partial charge in [0.2, 0.25) is 0 Å². The molecule has 88 valence electrons. The molecule has 2 nitrogen and oxygen atoms in total. The maximum Gasteiger partial charge on any atom is 0.0421 e. The molecule has 0 spiro atoms. The summed E-state index contributed by atoms with van der Waals surface area (Å²) < 4.78 is 0. The van der Waals surface area contributed by atoms with Crippen LogP contribution in [0.25, 0.3) is 0 Å². The van der Waals surface area contributed by atoms with Gasteiger partial charge in [0.1, 0.15) is 0 Å². The highest BCUT2D eigenvalue weighted by molar-refractivity contribution is 8.00. The Balaban J connectivity index is 1.92. The van der Waals surface area contributed by atoms with Crippen LogP contribution in [-0.4, -0.2) is 36.5 Å². The first kappa shape index (κ1) is 12.0. The highest BCUT2D eigenvalue weighted by atomic mass is 32.2. The lowest BCUT2D eigenvalue weighted by Crippen LogP contribution is -2.22. The highest BCUT2D eigenvalue weighted by Crippen LogP contribution is 2.36. The van der Waals surface area contributed by atoms with E-state index in [2.05, 4.69) is 43.3 Å². The summed E-state index contributed by atoms with van der Waals surface area (Å²) in [5, 5.41) is 0.567. The van der Waals surface area contributed by atoms with Gasteiger partial charge in [-0.2, -0.15) is 11.8 Å². The molecule has 1 aromatic rings. The first-order chi connectivity index (χ1) is 7.68. The van der Waals surface area contributed by atoms with Crippen molar-refractivity contribution in [1.29, 1.82) is 0 Å². The van der Waals surface area contributed by atoms with Gasteiger partial charge in [-0.3, -0.25) is 0 Å². The fourth-order valence-electron chi connectivity index (χ4n) is 2.14. The summed E-state index contributed by atoms with van der Waals surface area (Å²) in [6.07, 6.45) is 1.13. The van der Waals surface area contributed by atoms with E-state index in [0.29, 0.717) is 5.25 Å². The standard InChI is InChI=1S/C13H20N2S/c1-15(2)7-8-16-12-9-10-5-3-4-6-11(10)13(12)14/h3-6,12-13H,7-9,14H2,1-2H3. The Morgan fingerprint density at radius 3 is 2.81 bits per heavy atom. The summed E-state index contributed by atoms with van der Waals surface area (Å²) in [4.78, 5) is 2.22. The van der Waals surface area contributed by atoms with Crippen LogP contribution in [0.1, 0.15) is 17.2 Å². The molecule has 16 heavy (non-hydrogen) atoms. The van der Waals surface area contributed by atoms with Crippen molar-refractivity contribution in [3.05, 3.63) is 35.4 Å². The van der Waals surface area contributed by atoms with Gasteiger partial charge >= 0.3 is 0 Å². The lowest BCUT2D eigenvalue weighted by atomic mass is 10.1. The van der Waals surface area contributed by atoms with Gasteiger partial charge < -0.3 is 10.6 Å². The van der Waals surface area contributed by atoms with Crippen LogP contribution in [-0.2, 0) is 6.42 Å². The molecule has 1 aromatic carbocycles. The zero-order valence-electron chi connectivity index (χ0n) is 10.0. The maximum absolute atomic E-state index is 6.27. The Labute approximate surface area is 102 Å². The third kappa shape index (κ3) is 2.59. The molecule has 1 aliphatic rings. The molecule has 0 radical (unpaired) electrons. The van der Waals surface area contributed by atoms with Crippen LogP contribution in [0.2, 0.25) is 0 Å². The molecule has 0 saturated carbocycles. The lowest BCUT2D eigenvalue weighted by molar-refractivity contribution is 0.437. The van der Waals surface area contributed by atoms with Gasteiger partial charge in [-0.1, -0.05) is 24.3 Å². The Bertz CT molecular complexity index is 352. The van der Waals surface area contributed by atoms with Crippen molar-refractivity contribution in [3.63, 3.8) is 0 Å². The SMILES string of the molecule is CN(C)CCSC1Cc2ccccc2C1N. The summed E-state index contributed by atoms with van der Waals surface area (Å²) in [6.45, 7) is 1.13. The summed E-state index contributed by atoms with van der Waals surface area (Å²) in [7, 11) is 4.23. The normalized spacial score (nSPS) is 23.8. The lowest BCUT2D eigenvalue weighted by Gasteiger charge is -2.17. The van der Waals surface area contributed by atoms with E-state index < -0.39 is 0 Å². The van der Waals surface area contributed by atoms with E-state index in [1.807, 2.05) is 11.8 Å². The van der Waals surface area contributed by atoms with Gasteiger partial charge in [0.25, 0.3) is 0 Å². The second-order valence-electron chi connectivity index (χ2n) is 4.64. The Hall–Kier alpha value is -0.510. The van der Waals surface area contributed by atoms with Gasteiger partial charge in [0, 0.05) is 23.6 Å². The summed E-state index contributed by atoms with van der Waals surface area (Å²) >= 11 is 2.01. The van der Waals surface area contributed by atoms with Crippen LogP contribution in [0.3, 0.4) is 0 Å². The van der Waals surface area contributed by atoms with Crippen molar-refractivity contribution in [1.82, 2.24) is 4.90 Å². The monoisotopic (exact) mass is 236 g/mol. The largest absolute Gasteiger partial charge is 0.323 e. The van der Waals surface area contributed by atoms with Gasteiger partial charge in [-0.05, 0) is 31.6 Å². The molecule has 3 heteroatoms. The molecule has 0 aromatic heterocycles. The van der Waals surface area contributed by atoms with E-state index in [1.165, 1.54) is 16.9 Å². The predicted molar refractivity (Wildman–Crippen MR) is 71.9 cm³/mol. The average molecular weight is 236 g/mol. The van der Waals surface area contributed by atoms with E-state index in [0.717, 1.165) is 13.0 Å². The molecule has 0 heterocycles. The number of nitrogens with zero attached hydrogens (tertiary/aromatic N) is 1. The molecule has 2 N–H and O–H groups in total. The van der Waals surface area contributed by atoms with Gasteiger partial charge in [-0.15, -0.1) is 0 Å². The van der Waals surface area contributed by atoms with Gasteiger partial charge in [0.15, 0.2) is 0 Å². The molecule has 0 aliphatic heterocycles. The molecule has 0 saturated heterocycles. The van der Waals surface area contributed by atoms with Crippen LogP contribution in [0.4, 0.5) is 0 Å². The fourth-order valence-corrected chi connectivity index (χ4v) is 3.56. The van der Waals surface area contributed by atoms with Crippen molar-refractivity contribution in [2.45, 2.75) is 17.7 Å². The molecular weight excluding hydrogens is 216 g/mol. The number of fused-ring (bicyclic) bond motifs is 1. The third-order valence-corrected chi connectivity index (χ3v) is 4.41. The number of hydrogen-bond acceptors (Lipinski definition) is 3.